The lowest BCUT2D eigenvalue weighted by molar-refractivity contribution is 0.212. The average molecular weight is 232 g/mol. The fourth-order valence-electron chi connectivity index (χ4n) is 2.28. The van der Waals surface area contributed by atoms with Crippen LogP contribution in [0.2, 0.25) is 0 Å². The van der Waals surface area contributed by atoms with Gasteiger partial charge in [-0.05, 0) is 42.9 Å². The van der Waals surface area contributed by atoms with Crippen LogP contribution in [0.25, 0.3) is 0 Å². The van der Waals surface area contributed by atoms with Crippen LogP contribution in [0.5, 0.6) is 0 Å². The summed E-state index contributed by atoms with van der Waals surface area (Å²) in [5, 5.41) is 12.3. The summed E-state index contributed by atoms with van der Waals surface area (Å²) in [4.78, 5) is 0. The highest BCUT2D eigenvalue weighted by atomic mass is 19.1. The van der Waals surface area contributed by atoms with Crippen molar-refractivity contribution in [1.82, 2.24) is 0 Å². The predicted octanol–water partition coefficient (Wildman–Crippen LogP) is 3.54. The number of rotatable bonds is 3. The van der Waals surface area contributed by atoms with Crippen molar-refractivity contribution in [2.45, 2.75) is 32.7 Å². The van der Waals surface area contributed by atoms with Gasteiger partial charge in [-0.2, -0.15) is 5.26 Å². The van der Waals surface area contributed by atoms with E-state index in [2.05, 4.69) is 19.2 Å². The van der Waals surface area contributed by atoms with Gasteiger partial charge in [0.1, 0.15) is 11.9 Å². The Morgan fingerprint density at radius 2 is 2.12 bits per heavy atom. The summed E-state index contributed by atoms with van der Waals surface area (Å²) in [6.07, 6.45) is 2.28. The van der Waals surface area contributed by atoms with Crippen molar-refractivity contribution in [1.29, 1.82) is 5.26 Å². The molecule has 0 amide bonds. The Balaban J connectivity index is 1.99. The van der Waals surface area contributed by atoms with Gasteiger partial charge in [0.2, 0.25) is 0 Å². The Morgan fingerprint density at radius 1 is 1.41 bits per heavy atom. The maximum Gasteiger partial charge on any atom is 0.124 e. The molecule has 2 rings (SSSR count). The summed E-state index contributed by atoms with van der Waals surface area (Å²) in [5.74, 6) is 1.14. The Kier molecular flexibility index (Phi) is 3.33. The minimum Gasteiger partial charge on any atom is -0.381 e. The van der Waals surface area contributed by atoms with Gasteiger partial charge in [0, 0.05) is 6.04 Å². The van der Waals surface area contributed by atoms with Crippen LogP contribution in [-0.2, 0) is 0 Å². The maximum absolute atomic E-state index is 13.0. The lowest BCUT2D eigenvalue weighted by atomic mass is 9.73. The molecule has 0 spiro atoms. The van der Waals surface area contributed by atoms with Crippen LogP contribution >= 0.6 is 0 Å². The second-order valence-corrected chi connectivity index (χ2v) is 5.12. The molecule has 0 bridgehead atoms. The van der Waals surface area contributed by atoms with Crippen molar-refractivity contribution >= 4 is 5.69 Å². The molecule has 1 aliphatic rings. The van der Waals surface area contributed by atoms with E-state index in [9.17, 15) is 4.39 Å². The molecule has 0 aliphatic heterocycles. The van der Waals surface area contributed by atoms with Gasteiger partial charge >= 0.3 is 0 Å². The number of hydrogen-bond acceptors (Lipinski definition) is 2. The highest BCUT2D eigenvalue weighted by molar-refractivity contribution is 5.58. The molecular weight excluding hydrogens is 215 g/mol. The molecule has 0 aromatic heterocycles. The van der Waals surface area contributed by atoms with E-state index in [1.807, 2.05) is 6.07 Å². The molecule has 90 valence electrons. The van der Waals surface area contributed by atoms with E-state index in [1.165, 1.54) is 12.1 Å². The van der Waals surface area contributed by atoms with Crippen LogP contribution < -0.4 is 5.32 Å². The fourth-order valence-corrected chi connectivity index (χ4v) is 2.28. The zero-order valence-corrected chi connectivity index (χ0v) is 10.2. The Hall–Kier alpha value is -1.56. The first-order valence-corrected chi connectivity index (χ1v) is 6.06. The van der Waals surface area contributed by atoms with Crippen LogP contribution in [0, 0.1) is 29.0 Å². The Labute approximate surface area is 101 Å². The summed E-state index contributed by atoms with van der Waals surface area (Å²) >= 11 is 0. The van der Waals surface area contributed by atoms with Gasteiger partial charge in [-0.1, -0.05) is 13.8 Å². The van der Waals surface area contributed by atoms with Crippen molar-refractivity contribution in [3.63, 3.8) is 0 Å². The summed E-state index contributed by atoms with van der Waals surface area (Å²) in [6.45, 7) is 4.47. The number of anilines is 1. The van der Waals surface area contributed by atoms with Gasteiger partial charge in [0.05, 0.1) is 11.3 Å². The number of nitrogens with zero attached hydrogens (tertiary/aromatic N) is 1. The topological polar surface area (TPSA) is 35.8 Å². The van der Waals surface area contributed by atoms with Gasteiger partial charge in [-0.15, -0.1) is 0 Å². The molecule has 1 fully saturated rings. The quantitative estimate of drug-likeness (QED) is 0.865. The molecule has 0 unspecified atom stereocenters. The van der Waals surface area contributed by atoms with E-state index < -0.39 is 0 Å². The van der Waals surface area contributed by atoms with E-state index in [0.717, 1.165) is 30.4 Å². The summed E-state index contributed by atoms with van der Waals surface area (Å²) in [7, 11) is 0. The molecule has 0 atom stereocenters. The second kappa shape index (κ2) is 4.75. The van der Waals surface area contributed by atoms with Crippen molar-refractivity contribution < 1.29 is 4.39 Å². The first-order chi connectivity index (χ1) is 8.10. The first-order valence-electron chi connectivity index (χ1n) is 6.06. The van der Waals surface area contributed by atoms with Gasteiger partial charge < -0.3 is 5.32 Å². The smallest absolute Gasteiger partial charge is 0.124 e. The van der Waals surface area contributed by atoms with E-state index in [4.69, 9.17) is 5.26 Å². The van der Waals surface area contributed by atoms with Crippen LogP contribution in [-0.4, -0.2) is 6.04 Å². The zero-order valence-electron chi connectivity index (χ0n) is 10.2. The highest BCUT2D eigenvalue weighted by Gasteiger charge is 2.31. The molecule has 0 heterocycles. The lowest BCUT2D eigenvalue weighted by Gasteiger charge is -2.39. The van der Waals surface area contributed by atoms with Crippen LogP contribution in [0.15, 0.2) is 18.2 Å². The molecular formula is C14H17FN2. The normalized spacial score (nSPS) is 23.0. The minimum absolute atomic E-state index is 0.360. The molecule has 1 aromatic carbocycles. The molecule has 1 N–H and O–H groups in total. The van der Waals surface area contributed by atoms with Crippen molar-refractivity contribution in [2.24, 2.45) is 11.8 Å². The zero-order chi connectivity index (χ0) is 12.4. The third kappa shape index (κ3) is 2.58. The molecule has 0 saturated heterocycles. The molecule has 3 heteroatoms. The van der Waals surface area contributed by atoms with Crippen molar-refractivity contribution in [3.8, 4) is 6.07 Å². The SMILES string of the molecule is CC(C)C1CC(Nc2ccc(F)cc2C#N)C1. The number of nitriles is 1. The van der Waals surface area contributed by atoms with Gasteiger partial charge in [0.15, 0.2) is 0 Å². The largest absolute Gasteiger partial charge is 0.381 e. The predicted molar refractivity (Wildman–Crippen MR) is 66.1 cm³/mol. The highest BCUT2D eigenvalue weighted by Crippen LogP contribution is 2.35. The monoisotopic (exact) mass is 232 g/mol. The molecule has 1 aromatic rings. The lowest BCUT2D eigenvalue weighted by Crippen LogP contribution is -2.38. The van der Waals surface area contributed by atoms with Crippen LogP contribution in [0.4, 0.5) is 10.1 Å². The van der Waals surface area contributed by atoms with E-state index in [0.29, 0.717) is 11.6 Å². The van der Waals surface area contributed by atoms with Gasteiger partial charge in [-0.25, -0.2) is 4.39 Å². The minimum atomic E-state index is -0.360. The molecule has 0 radical (unpaired) electrons. The Bertz CT molecular complexity index is 442. The molecule has 2 nitrogen and oxygen atoms in total. The molecule has 17 heavy (non-hydrogen) atoms. The third-order valence-electron chi connectivity index (χ3n) is 3.58. The van der Waals surface area contributed by atoms with Crippen LogP contribution in [0.1, 0.15) is 32.3 Å². The molecule has 1 aliphatic carbocycles. The van der Waals surface area contributed by atoms with Crippen molar-refractivity contribution in [2.75, 3.05) is 5.32 Å². The average Bonchev–Trinajstić information content (AvgIpc) is 2.23. The van der Waals surface area contributed by atoms with Crippen molar-refractivity contribution in [3.05, 3.63) is 29.6 Å². The van der Waals surface area contributed by atoms with E-state index >= 15 is 0 Å². The van der Waals surface area contributed by atoms with Gasteiger partial charge in [-0.3, -0.25) is 0 Å². The van der Waals surface area contributed by atoms with Crippen LogP contribution in [0.3, 0.4) is 0 Å². The standard InChI is InChI=1S/C14H17FN2/c1-9(2)10-6-13(7-10)17-14-4-3-12(15)5-11(14)8-16/h3-5,9-10,13,17H,6-7H2,1-2H3. The Morgan fingerprint density at radius 3 is 2.71 bits per heavy atom. The van der Waals surface area contributed by atoms with E-state index in [1.54, 1.807) is 6.07 Å². The summed E-state index contributed by atoms with van der Waals surface area (Å²) < 4.78 is 13.0. The number of halogens is 1. The number of nitrogens with one attached hydrogen (secondary N) is 1. The second-order valence-electron chi connectivity index (χ2n) is 5.12. The fraction of sp³-hybridized carbons (Fsp3) is 0.500. The van der Waals surface area contributed by atoms with E-state index in [-0.39, 0.29) is 5.82 Å². The molecule has 1 saturated carbocycles. The summed E-state index contributed by atoms with van der Waals surface area (Å²) in [5.41, 5.74) is 1.14. The number of hydrogen-bond donors (Lipinski definition) is 1. The first kappa shape index (κ1) is 11.9. The van der Waals surface area contributed by atoms with Gasteiger partial charge in [0.25, 0.3) is 0 Å². The maximum atomic E-state index is 13.0. The third-order valence-corrected chi connectivity index (χ3v) is 3.58. The summed E-state index contributed by atoms with van der Waals surface area (Å²) in [6, 6.07) is 6.77. The number of benzene rings is 1.